The number of amides is 1. The number of ether oxygens (including phenoxy) is 2. The first kappa shape index (κ1) is 21.0. The molecule has 2 fully saturated rings. The van der Waals surface area contributed by atoms with Crippen LogP contribution >= 0.6 is 0 Å². The molecule has 0 unspecified atom stereocenters. The minimum absolute atomic E-state index is 0.117. The Labute approximate surface area is 188 Å². The predicted octanol–water partition coefficient (Wildman–Crippen LogP) is 4.02. The lowest BCUT2D eigenvalue weighted by Gasteiger charge is -2.31. The Morgan fingerprint density at radius 2 is 1.88 bits per heavy atom. The fourth-order valence-corrected chi connectivity index (χ4v) is 4.35. The molecule has 1 amide bonds. The van der Waals surface area contributed by atoms with E-state index in [-0.39, 0.29) is 24.4 Å². The number of rotatable bonds is 6. The summed E-state index contributed by atoms with van der Waals surface area (Å²) < 4.78 is 25.6. The number of hydrogen-bond donors (Lipinski definition) is 1. The van der Waals surface area contributed by atoms with E-state index in [4.69, 9.17) is 9.47 Å². The molecular formula is C26H29FN2O3. The van der Waals surface area contributed by atoms with Gasteiger partial charge in [-0.2, -0.15) is 0 Å². The van der Waals surface area contributed by atoms with Crippen molar-refractivity contribution in [1.29, 1.82) is 0 Å². The average molecular weight is 437 g/mol. The summed E-state index contributed by atoms with van der Waals surface area (Å²) >= 11 is 0. The van der Waals surface area contributed by atoms with Crippen LogP contribution in [0.3, 0.4) is 0 Å². The highest BCUT2D eigenvalue weighted by Gasteiger charge is 2.29. The van der Waals surface area contributed by atoms with Gasteiger partial charge in [0.05, 0.1) is 12.2 Å². The van der Waals surface area contributed by atoms with Gasteiger partial charge < -0.3 is 19.7 Å². The van der Waals surface area contributed by atoms with Gasteiger partial charge in [0.2, 0.25) is 0 Å². The van der Waals surface area contributed by atoms with Gasteiger partial charge in [-0.25, -0.2) is 4.39 Å². The third-order valence-corrected chi connectivity index (χ3v) is 6.54. The van der Waals surface area contributed by atoms with Gasteiger partial charge in [0.25, 0.3) is 5.91 Å². The van der Waals surface area contributed by atoms with Crippen LogP contribution in [0, 0.1) is 11.7 Å². The molecule has 0 spiro atoms. The minimum Gasteiger partial charge on any atom is -0.493 e. The molecule has 0 atom stereocenters. The number of hydrogen-bond acceptors (Lipinski definition) is 4. The van der Waals surface area contributed by atoms with Crippen molar-refractivity contribution in [2.45, 2.75) is 31.7 Å². The summed E-state index contributed by atoms with van der Waals surface area (Å²) in [4.78, 5) is 15.6. The number of fused-ring (bicyclic) bond motifs is 1. The summed E-state index contributed by atoms with van der Waals surface area (Å²) in [5.41, 5.74) is 2.96. The van der Waals surface area contributed by atoms with E-state index in [9.17, 15) is 9.18 Å². The van der Waals surface area contributed by atoms with Crippen LogP contribution in [0.5, 0.6) is 11.5 Å². The molecule has 5 rings (SSSR count). The van der Waals surface area contributed by atoms with Crippen LogP contribution in [0.1, 0.15) is 36.8 Å². The maximum atomic E-state index is 13.6. The summed E-state index contributed by atoms with van der Waals surface area (Å²) in [6.45, 7) is 2.82. The maximum Gasteiger partial charge on any atom is 0.251 e. The van der Waals surface area contributed by atoms with Crippen LogP contribution in [-0.4, -0.2) is 50.2 Å². The highest BCUT2D eigenvalue weighted by Crippen LogP contribution is 2.40. The van der Waals surface area contributed by atoms with Crippen molar-refractivity contribution in [1.82, 2.24) is 10.2 Å². The minimum atomic E-state index is -0.305. The fraction of sp³-hybridized carbons (Fsp3) is 0.423. The number of carbonyl (C=O) groups excluding carboxylic acids is 1. The van der Waals surface area contributed by atoms with Crippen LogP contribution < -0.4 is 14.8 Å². The van der Waals surface area contributed by atoms with E-state index in [1.807, 2.05) is 18.2 Å². The van der Waals surface area contributed by atoms with Gasteiger partial charge in [0.15, 0.2) is 0 Å². The summed E-state index contributed by atoms with van der Waals surface area (Å²) in [5, 5.41) is 3.21. The quantitative estimate of drug-likeness (QED) is 0.743. The highest BCUT2D eigenvalue weighted by atomic mass is 19.1. The average Bonchev–Trinajstić information content (AvgIpc) is 3.63. The van der Waals surface area contributed by atoms with E-state index in [0.717, 1.165) is 48.4 Å². The van der Waals surface area contributed by atoms with E-state index in [1.54, 1.807) is 12.1 Å². The topological polar surface area (TPSA) is 50.8 Å². The van der Waals surface area contributed by atoms with Gasteiger partial charge in [0.1, 0.15) is 23.9 Å². The first-order chi connectivity index (χ1) is 15.6. The summed E-state index contributed by atoms with van der Waals surface area (Å²) in [5.74, 6) is 1.69. The summed E-state index contributed by atoms with van der Waals surface area (Å²) in [6.07, 6.45) is 4.29. The number of likely N-dealkylation sites (tertiary alicyclic amines) is 1. The van der Waals surface area contributed by atoms with E-state index >= 15 is 0 Å². The van der Waals surface area contributed by atoms with E-state index in [1.165, 1.54) is 25.0 Å². The van der Waals surface area contributed by atoms with Crippen LogP contribution in [0.25, 0.3) is 5.57 Å². The van der Waals surface area contributed by atoms with Crippen molar-refractivity contribution in [2.24, 2.45) is 5.92 Å². The van der Waals surface area contributed by atoms with E-state index in [2.05, 4.69) is 17.3 Å². The molecule has 2 aromatic rings. The molecule has 0 bridgehead atoms. The van der Waals surface area contributed by atoms with Crippen molar-refractivity contribution >= 4 is 11.5 Å². The molecule has 1 N–H and O–H groups in total. The Morgan fingerprint density at radius 3 is 2.59 bits per heavy atom. The molecule has 1 saturated carbocycles. The number of piperidine rings is 1. The lowest BCUT2D eigenvalue weighted by Crippen LogP contribution is -2.44. The zero-order chi connectivity index (χ0) is 22.1. The zero-order valence-electron chi connectivity index (χ0n) is 18.4. The molecule has 5 nitrogen and oxygen atoms in total. The molecule has 0 aromatic heterocycles. The number of halogens is 1. The van der Waals surface area contributed by atoms with Gasteiger partial charge in [-0.15, -0.1) is 0 Å². The van der Waals surface area contributed by atoms with Crippen molar-refractivity contribution in [3.63, 3.8) is 0 Å². The Balaban J connectivity index is 1.49. The largest absolute Gasteiger partial charge is 0.493 e. The van der Waals surface area contributed by atoms with Crippen LogP contribution in [0.4, 0.5) is 4.39 Å². The molecule has 2 aliphatic heterocycles. The SMILES string of the molecule is CN1CCC(NC(=O)C2=C(c3ccc(F)cc3)c3cc(OCC4CC4)ccc3OC2)CC1. The molecule has 32 heavy (non-hydrogen) atoms. The highest BCUT2D eigenvalue weighted by molar-refractivity contribution is 6.06. The smallest absolute Gasteiger partial charge is 0.251 e. The van der Waals surface area contributed by atoms with E-state index in [0.29, 0.717) is 23.8 Å². The van der Waals surface area contributed by atoms with Gasteiger partial charge in [0, 0.05) is 17.2 Å². The standard InChI is InChI=1S/C26H29FN2O3/c1-29-12-10-20(11-13-29)28-26(30)23-16-32-24-9-8-21(31-15-17-2-3-17)14-22(24)25(23)18-4-6-19(27)7-5-18/h4-9,14,17,20H,2-3,10-13,15-16H2,1H3,(H,28,30). The number of carbonyl (C=O) groups is 1. The number of nitrogens with one attached hydrogen (secondary N) is 1. The zero-order valence-corrected chi connectivity index (χ0v) is 18.4. The van der Waals surface area contributed by atoms with Crippen molar-refractivity contribution in [3.8, 4) is 11.5 Å². The second kappa shape index (κ2) is 8.94. The number of benzene rings is 2. The monoisotopic (exact) mass is 436 g/mol. The Morgan fingerprint density at radius 1 is 1.12 bits per heavy atom. The van der Waals surface area contributed by atoms with Gasteiger partial charge in [-0.1, -0.05) is 12.1 Å². The van der Waals surface area contributed by atoms with Gasteiger partial charge in [-0.3, -0.25) is 4.79 Å². The third-order valence-electron chi connectivity index (χ3n) is 6.54. The lowest BCUT2D eigenvalue weighted by molar-refractivity contribution is -0.118. The molecule has 0 radical (unpaired) electrons. The molecule has 2 aromatic carbocycles. The van der Waals surface area contributed by atoms with Crippen LogP contribution in [-0.2, 0) is 4.79 Å². The summed E-state index contributed by atoms with van der Waals surface area (Å²) in [6, 6.07) is 12.2. The van der Waals surface area contributed by atoms with E-state index < -0.39 is 0 Å². The van der Waals surface area contributed by atoms with Gasteiger partial charge >= 0.3 is 0 Å². The number of nitrogens with zero attached hydrogens (tertiary/aromatic N) is 1. The maximum absolute atomic E-state index is 13.6. The van der Waals surface area contributed by atoms with Crippen molar-refractivity contribution in [2.75, 3.05) is 33.4 Å². The second-order valence-corrected chi connectivity index (χ2v) is 9.11. The molecule has 3 aliphatic rings. The van der Waals surface area contributed by atoms with Crippen LogP contribution in [0.2, 0.25) is 0 Å². The summed E-state index contributed by atoms with van der Waals surface area (Å²) in [7, 11) is 2.10. The molecule has 1 saturated heterocycles. The molecular weight excluding hydrogens is 407 g/mol. The Hall–Kier alpha value is -2.86. The molecule has 1 aliphatic carbocycles. The van der Waals surface area contributed by atoms with Crippen molar-refractivity contribution < 1.29 is 18.7 Å². The molecule has 2 heterocycles. The first-order valence-electron chi connectivity index (χ1n) is 11.5. The second-order valence-electron chi connectivity index (χ2n) is 9.11. The predicted molar refractivity (Wildman–Crippen MR) is 121 cm³/mol. The first-order valence-corrected chi connectivity index (χ1v) is 11.5. The molecule has 6 heteroatoms. The Bertz CT molecular complexity index is 1020. The third kappa shape index (κ3) is 4.65. The van der Waals surface area contributed by atoms with Crippen molar-refractivity contribution in [3.05, 3.63) is 65.0 Å². The fourth-order valence-electron chi connectivity index (χ4n) is 4.35. The Kier molecular flexibility index (Phi) is 5.87. The lowest BCUT2D eigenvalue weighted by atomic mass is 9.90. The molecule has 168 valence electrons. The van der Waals surface area contributed by atoms with Gasteiger partial charge in [-0.05, 0) is 87.6 Å². The van der Waals surface area contributed by atoms with Crippen LogP contribution in [0.15, 0.2) is 48.0 Å². The normalized spacial score (nSPS) is 19.3.